The SMILES string of the molecule is CNc1cncc(N2CCCCCC2CO)c1. The Hall–Kier alpha value is -1.29. The van der Waals surface area contributed by atoms with Crippen LogP contribution in [0.25, 0.3) is 0 Å². The van der Waals surface area contributed by atoms with Crippen molar-refractivity contribution < 1.29 is 5.11 Å². The molecule has 2 N–H and O–H groups in total. The van der Waals surface area contributed by atoms with Gasteiger partial charge in [0.2, 0.25) is 0 Å². The number of aromatic nitrogens is 1. The number of nitrogens with zero attached hydrogens (tertiary/aromatic N) is 2. The molecule has 1 aliphatic heterocycles. The summed E-state index contributed by atoms with van der Waals surface area (Å²) >= 11 is 0. The molecule has 0 saturated carbocycles. The van der Waals surface area contributed by atoms with E-state index in [4.69, 9.17) is 0 Å². The van der Waals surface area contributed by atoms with Crippen LogP contribution in [0.15, 0.2) is 18.5 Å². The quantitative estimate of drug-likeness (QED) is 0.839. The van der Waals surface area contributed by atoms with Gasteiger partial charge in [0.05, 0.1) is 36.4 Å². The van der Waals surface area contributed by atoms with Crippen molar-refractivity contribution in [3.05, 3.63) is 18.5 Å². The maximum absolute atomic E-state index is 9.50. The number of anilines is 2. The number of aliphatic hydroxyl groups excluding tert-OH is 1. The standard InChI is InChI=1S/C13H21N3O/c1-14-11-7-13(9-15-8-11)16-6-4-2-3-5-12(16)10-17/h7-9,12,14,17H,2-6,10H2,1H3. The van der Waals surface area contributed by atoms with Crippen LogP contribution >= 0.6 is 0 Å². The average Bonchev–Trinajstić information content (AvgIpc) is 2.63. The molecule has 1 saturated heterocycles. The fourth-order valence-electron chi connectivity index (χ4n) is 2.43. The summed E-state index contributed by atoms with van der Waals surface area (Å²) in [5.41, 5.74) is 2.13. The van der Waals surface area contributed by atoms with Crippen LogP contribution in [-0.4, -0.2) is 36.3 Å². The van der Waals surface area contributed by atoms with Crippen molar-refractivity contribution in [2.24, 2.45) is 0 Å². The first-order valence-corrected chi connectivity index (χ1v) is 6.35. The molecule has 1 aromatic heterocycles. The van der Waals surface area contributed by atoms with Crippen LogP contribution in [0.5, 0.6) is 0 Å². The van der Waals surface area contributed by atoms with Crippen LogP contribution in [-0.2, 0) is 0 Å². The van der Waals surface area contributed by atoms with Gasteiger partial charge in [-0.05, 0) is 18.9 Å². The van der Waals surface area contributed by atoms with Gasteiger partial charge in [-0.3, -0.25) is 4.98 Å². The Labute approximate surface area is 103 Å². The van der Waals surface area contributed by atoms with Crippen LogP contribution in [0, 0.1) is 0 Å². The zero-order chi connectivity index (χ0) is 12.1. The molecule has 0 spiro atoms. The minimum Gasteiger partial charge on any atom is -0.394 e. The molecule has 2 rings (SSSR count). The van der Waals surface area contributed by atoms with Crippen LogP contribution in [0.2, 0.25) is 0 Å². The van der Waals surface area contributed by atoms with Crippen molar-refractivity contribution in [2.45, 2.75) is 31.7 Å². The van der Waals surface area contributed by atoms with Crippen molar-refractivity contribution in [1.82, 2.24) is 4.98 Å². The smallest absolute Gasteiger partial charge is 0.0635 e. The van der Waals surface area contributed by atoms with E-state index in [0.29, 0.717) is 0 Å². The fourth-order valence-corrected chi connectivity index (χ4v) is 2.43. The van der Waals surface area contributed by atoms with Gasteiger partial charge in [0.15, 0.2) is 0 Å². The molecule has 17 heavy (non-hydrogen) atoms. The van der Waals surface area contributed by atoms with Crippen LogP contribution in [0.4, 0.5) is 11.4 Å². The lowest BCUT2D eigenvalue weighted by Crippen LogP contribution is -2.37. The highest BCUT2D eigenvalue weighted by Gasteiger charge is 2.20. The Bertz CT molecular complexity index is 356. The molecule has 1 unspecified atom stereocenters. The summed E-state index contributed by atoms with van der Waals surface area (Å²) in [7, 11) is 1.90. The van der Waals surface area contributed by atoms with E-state index >= 15 is 0 Å². The van der Waals surface area contributed by atoms with E-state index in [9.17, 15) is 5.11 Å². The van der Waals surface area contributed by atoms with Gasteiger partial charge in [-0.2, -0.15) is 0 Å². The summed E-state index contributed by atoms with van der Waals surface area (Å²) in [6.07, 6.45) is 8.43. The van der Waals surface area contributed by atoms with Crippen molar-refractivity contribution >= 4 is 11.4 Å². The van der Waals surface area contributed by atoms with Gasteiger partial charge in [-0.15, -0.1) is 0 Å². The average molecular weight is 235 g/mol. The lowest BCUT2D eigenvalue weighted by Gasteiger charge is -2.30. The molecular weight excluding hydrogens is 214 g/mol. The number of pyridine rings is 1. The second-order valence-corrected chi connectivity index (χ2v) is 4.56. The van der Waals surface area contributed by atoms with Crippen LogP contribution in [0.1, 0.15) is 25.7 Å². The van der Waals surface area contributed by atoms with Crippen molar-refractivity contribution in [2.75, 3.05) is 30.4 Å². The third-order valence-corrected chi connectivity index (χ3v) is 3.43. The second kappa shape index (κ2) is 5.87. The molecule has 0 amide bonds. The van der Waals surface area contributed by atoms with Crippen LogP contribution in [0.3, 0.4) is 0 Å². The molecule has 1 aromatic rings. The lowest BCUT2D eigenvalue weighted by molar-refractivity contribution is 0.255. The predicted octanol–water partition coefficient (Wildman–Crippen LogP) is 1.86. The van der Waals surface area contributed by atoms with Crippen LogP contribution < -0.4 is 10.2 Å². The monoisotopic (exact) mass is 235 g/mol. The first kappa shape index (κ1) is 12.2. The summed E-state index contributed by atoms with van der Waals surface area (Å²) in [6, 6.07) is 2.34. The molecule has 1 aliphatic rings. The topological polar surface area (TPSA) is 48.4 Å². The summed E-state index contributed by atoms with van der Waals surface area (Å²) in [5, 5.41) is 12.6. The van der Waals surface area contributed by atoms with E-state index in [-0.39, 0.29) is 12.6 Å². The predicted molar refractivity (Wildman–Crippen MR) is 70.5 cm³/mol. The zero-order valence-corrected chi connectivity index (χ0v) is 10.4. The normalized spacial score (nSPS) is 21.1. The summed E-state index contributed by atoms with van der Waals surface area (Å²) < 4.78 is 0. The van der Waals surface area contributed by atoms with Gasteiger partial charge < -0.3 is 15.3 Å². The number of hydrogen-bond donors (Lipinski definition) is 2. The number of nitrogens with one attached hydrogen (secondary N) is 1. The van der Waals surface area contributed by atoms with Gasteiger partial charge >= 0.3 is 0 Å². The van der Waals surface area contributed by atoms with Gasteiger partial charge in [-0.1, -0.05) is 12.8 Å². The first-order valence-electron chi connectivity index (χ1n) is 6.35. The van der Waals surface area contributed by atoms with Crippen molar-refractivity contribution in [3.63, 3.8) is 0 Å². The number of aliphatic hydroxyl groups is 1. The van der Waals surface area contributed by atoms with E-state index < -0.39 is 0 Å². The maximum Gasteiger partial charge on any atom is 0.0635 e. The van der Waals surface area contributed by atoms with Gasteiger partial charge in [0, 0.05) is 13.6 Å². The van der Waals surface area contributed by atoms with E-state index in [1.54, 1.807) is 0 Å². The van der Waals surface area contributed by atoms with Gasteiger partial charge in [0.25, 0.3) is 0 Å². The van der Waals surface area contributed by atoms with E-state index in [1.807, 2.05) is 19.4 Å². The summed E-state index contributed by atoms with van der Waals surface area (Å²) in [5.74, 6) is 0. The minimum absolute atomic E-state index is 0.226. The molecular formula is C13H21N3O. The van der Waals surface area contributed by atoms with Crippen molar-refractivity contribution in [3.8, 4) is 0 Å². The third kappa shape index (κ3) is 2.88. The van der Waals surface area contributed by atoms with Gasteiger partial charge in [-0.25, -0.2) is 0 Å². The molecule has 2 heterocycles. The zero-order valence-electron chi connectivity index (χ0n) is 10.4. The Morgan fingerprint density at radius 1 is 1.41 bits per heavy atom. The molecule has 0 aliphatic carbocycles. The fraction of sp³-hybridized carbons (Fsp3) is 0.615. The largest absolute Gasteiger partial charge is 0.394 e. The number of rotatable bonds is 3. The maximum atomic E-state index is 9.50. The highest BCUT2D eigenvalue weighted by Crippen LogP contribution is 2.25. The minimum atomic E-state index is 0.226. The molecule has 4 nitrogen and oxygen atoms in total. The first-order chi connectivity index (χ1) is 8.35. The van der Waals surface area contributed by atoms with E-state index in [0.717, 1.165) is 24.3 Å². The Morgan fingerprint density at radius 3 is 3.06 bits per heavy atom. The molecule has 4 heteroatoms. The summed E-state index contributed by atoms with van der Waals surface area (Å²) in [6.45, 7) is 1.24. The molecule has 1 fully saturated rings. The molecule has 1 atom stereocenters. The highest BCUT2D eigenvalue weighted by molar-refractivity contribution is 5.56. The summed E-state index contributed by atoms with van der Waals surface area (Å²) in [4.78, 5) is 6.54. The van der Waals surface area contributed by atoms with E-state index in [2.05, 4.69) is 21.3 Å². The molecule has 0 aromatic carbocycles. The number of hydrogen-bond acceptors (Lipinski definition) is 4. The Morgan fingerprint density at radius 2 is 2.29 bits per heavy atom. The molecule has 0 radical (unpaired) electrons. The second-order valence-electron chi connectivity index (χ2n) is 4.56. The van der Waals surface area contributed by atoms with Gasteiger partial charge in [0.1, 0.15) is 0 Å². The Balaban J connectivity index is 2.21. The third-order valence-electron chi connectivity index (χ3n) is 3.43. The lowest BCUT2D eigenvalue weighted by atomic mass is 10.1. The molecule has 0 bridgehead atoms. The van der Waals surface area contributed by atoms with Crippen molar-refractivity contribution in [1.29, 1.82) is 0 Å². The molecule has 94 valence electrons. The highest BCUT2D eigenvalue weighted by atomic mass is 16.3. The Kier molecular flexibility index (Phi) is 4.20. The van der Waals surface area contributed by atoms with E-state index in [1.165, 1.54) is 19.3 Å².